The summed E-state index contributed by atoms with van der Waals surface area (Å²) < 4.78 is 13.3. The monoisotopic (exact) mass is 232 g/mol. The topological polar surface area (TPSA) is 35.8 Å². The first kappa shape index (κ1) is 11.9. The second-order valence-electron chi connectivity index (χ2n) is 4.67. The van der Waals surface area contributed by atoms with Gasteiger partial charge in [-0.05, 0) is 31.0 Å². The molecule has 2 rings (SSSR count). The minimum atomic E-state index is -0.347. The summed E-state index contributed by atoms with van der Waals surface area (Å²) >= 11 is 0. The molecule has 0 amide bonds. The van der Waals surface area contributed by atoms with Crippen molar-refractivity contribution in [3.8, 4) is 6.07 Å². The zero-order chi connectivity index (χ0) is 12.1. The Morgan fingerprint density at radius 3 is 2.47 bits per heavy atom. The fourth-order valence-electron chi connectivity index (χ4n) is 2.40. The van der Waals surface area contributed by atoms with Crippen molar-refractivity contribution in [1.82, 2.24) is 0 Å². The van der Waals surface area contributed by atoms with Crippen LogP contribution in [0.25, 0.3) is 0 Å². The van der Waals surface area contributed by atoms with Crippen LogP contribution >= 0.6 is 0 Å². The van der Waals surface area contributed by atoms with Crippen molar-refractivity contribution >= 4 is 5.69 Å². The van der Waals surface area contributed by atoms with Gasteiger partial charge in [-0.25, -0.2) is 4.39 Å². The van der Waals surface area contributed by atoms with Gasteiger partial charge in [-0.2, -0.15) is 5.26 Å². The number of anilines is 1. The van der Waals surface area contributed by atoms with Crippen molar-refractivity contribution < 1.29 is 4.39 Å². The largest absolute Gasteiger partial charge is 0.382 e. The minimum absolute atomic E-state index is 0.347. The maximum absolute atomic E-state index is 13.3. The molecule has 90 valence electrons. The van der Waals surface area contributed by atoms with E-state index in [0.717, 1.165) is 18.5 Å². The highest BCUT2D eigenvalue weighted by Crippen LogP contribution is 2.22. The summed E-state index contributed by atoms with van der Waals surface area (Å²) in [6, 6.07) is 6.84. The van der Waals surface area contributed by atoms with E-state index in [4.69, 9.17) is 5.26 Å². The van der Waals surface area contributed by atoms with Crippen molar-refractivity contribution in [2.45, 2.75) is 44.6 Å². The van der Waals surface area contributed by atoms with Crippen LogP contribution in [0.4, 0.5) is 10.1 Å². The van der Waals surface area contributed by atoms with Crippen molar-refractivity contribution in [3.05, 3.63) is 29.6 Å². The van der Waals surface area contributed by atoms with E-state index in [1.54, 1.807) is 6.07 Å². The smallest absolute Gasteiger partial charge is 0.126 e. The van der Waals surface area contributed by atoms with Gasteiger partial charge >= 0.3 is 0 Å². The van der Waals surface area contributed by atoms with Gasteiger partial charge in [-0.1, -0.05) is 25.7 Å². The number of hydrogen-bond acceptors (Lipinski definition) is 2. The van der Waals surface area contributed by atoms with E-state index in [0.29, 0.717) is 11.6 Å². The molecule has 1 aliphatic rings. The molecule has 1 aliphatic carbocycles. The zero-order valence-electron chi connectivity index (χ0n) is 9.88. The standard InChI is InChI=1S/C14H17FN2/c15-12-7-11(10-16)8-14(9-12)17-13-5-3-1-2-4-6-13/h7-9,13,17H,1-6H2. The Hall–Kier alpha value is -1.56. The summed E-state index contributed by atoms with van der Waals surface area (Å²) in [6.07, 6.45) is 7.34. The van der Waals surface area contributed by atoms with Crippen LogP contribution in [0.2, 0.25) is 0 Å². The Labute approximate surface area is 101 Å². The molecule has 0 aliphatic heterocycles. The van der Waals surface area contributed by atoms with Gasteiger partial charge in [0.25, 0.3) is 0 Å². The molecular weight excluding hydrogens is 215 g/mol. The maximum Gasteiger partial charge on any atom is 0.126 e. The highest BCUT2D eigenvalue weighted by atomic mass is 19.1. The molecule has 0 radical (unpaired) electrons. The van der Waals surface area contributed by atoms with Crippen molar-refractivity contribution in [1.29, 1.82) is 5.26 Å². The van der Waals surface area contributed by atoms with Crippen LogP contribution in [0.5, 0.6) is 0 Å². The van der Waals surface area contributed by atoms with Gasteiger partial charge in [-0.3, -0.25) is 0 Å². The lowest BCUT2D eigenvalue weighted by atomic mass is 10.1. The summed E-state index contributed by atoms with van der Waals surface area (Å²) in [5.74, 6) is -0.347. The van der Waals surface area contributed by atoms with Gasteiger partial charge in [0, 0.05) is 11.7 Å². The molecule has 3 heteroatoms. The average Bonchev–Trinajstić information content (AvgIpc) is 2.57. The number of halogens is 1. The number of nitriles is 1. The van der Waals surface area contributed by atoms with Gasteiger partial charge in [0.05, 0.1) is 11.6 Å². The molecule has 1 fully saturated rings. The fraction of sp³-hybridized carbons (Fsp3) is 0.500. The highest BCUT2D eigenvalue weighted by molar-refractivity contribution is 5.50. The molecule has 0 bridgehead atoms. The van der Waals surface area contributed by atoms with Gasteiger partial charge < -0.3 is 5.32 Å². The molecule has 1 N–H and O–H groups in total. The van der Waals surface area contributed by atoms with Crippen LogP contribution in [0, 0.1) is 17.1 Å². The van der Waals surface area contributed by atoms with Crippen molar-refractivity contribution in [2.75, 3.05) is 5.32 Å². The Morgan fingerprint density at radius 2 is 1.82 bits per heavy atom. The van der Waals surface area contributed by atoms with Gasteiger partial charge in [0.2, 0.25) is 0 Å². The third-order valence-electron chi connectivity index (χ3n) is 3.25. The molecule has 17 heavy (non-hydrogen) atoms. The lowest BCUT2D eigenvalue weighted by Gasteiger charge is -2.17. The number of hydrogen-bond donors (Lipinski definition) is 1. The van der Waals surface area contributed by atoms with E-state index >= 15 is 0 Å². The molecule has 0 aromatic heterocycles. The van der Waals surface area contributed by atoms with Crippen molar-refractivity contribution in [3.63, 3.8) is 0 Å². The minimum Gasteiger partial charge on any atom is -0.382 e. The van der Waals surface area contributed by atoms with E-state index < -0.39 is 0 Å². The average molecular weight is 232 g/mol. The van der Waals surface area contributed by atoms with E-state index in [2.05, 4.69) is 5.32 Å². The molecule has 0 heterocycles. The Bertz CT molecular complexity index is 415. The van der Waals surface area contributed by atoms with Crippen molar-refractivity contribution in [2.24, 2.45) is 0 Å². The third kappa shape index (κ3) is 3.45. The summed E-state index contributed by atoms with van der Waals surface area (Å²) in [7, 11) is 0. The third-order valence-corrected chi connectivity index (χ3v) is 3.25. The molecular formula is C14H17FN2. The van der Waals surface area contributed by atoms with Gasteiger partial charge in [0.1, 0.15) is 5.82 Å². The number of benzene rings is 1. The van der Waals surface area contributed by atoms with Crippen LogP contribution in [-0.2, 0) is 0 Å². The molecule has 0 saturated heterocycles. The van der Waals surface area contributed by atoms with E-state index in [1.807, 2.05) is 6.07 Å². The number of nitrogens with zero attached hydrogens (tertiary/aromatic N) is 1. The molecule has 0 atom stereocenters. The summed E-state index contributed by atoms with van der Waals surface area (Å²) in [5, 5.41) is 12.1. The molecule has 1 saturated carbocycles. The normalized spacial score (nSPS) is 17.2. The Kier molecular flexibility index (Phi) is 3.98. The SMILES string of the molecule is N#Cc1cc(F)cc(NC2CCCCCC2)c1. The molecule has 0 spiro atoms. The second-order valence-corrected chi connectivity index (χ2v) is 4.67. The molecule has 1 aromatic rings. The fourth-order valence-corrected chi connectivity index (χ4v) is 2.40. The molecule has 2 nitrogen and oxygen atoms in total. The lowest BCUT2D eigenvalue weighted by molar-refractivity contribution is 0.613. The Balaban J connectivity index is 2.06. The summed E-state index contributed by atoms with van der Waals surface area (Å²) in [6.45, 7) is 0. The van der Waals surface area contributed by atoms with Gasteiger partial charge in [0.15, 0.2) is 0 Å². The molecule has 0 unspecified atom stereocenters. The van der Waals surface area contributed by atoms with E-state index in [9.17, 15) is 4.39 Å². The van der Waals surface area contributed by atoms with Crippen LogP contribution in [-0.4, -0.2) is 6.04 Å². The number of rotatable bonds is 2. The van der Waals surface area contributed by atoms with Crippen LogP contribution in [0.15, 0.2) is 18.2 Å². The van der Waals surface area contributed by atoms with E-state index in [1.165, 1.54) is 37.8 Å². The second kappa shape index (κ2) is 5.67. The first-order valence-electron chi connectivity index (χ1n) is 6.25. The maximum atomic E-state index is 13.3. The lowest BCUT2D eigenvalue weighted by Crippen LogP contribution is -2.18. The first-order valence-corrected chi connectivity index (χ1v) is 6.25. The highest BCUT2D eigenvalue weighted by Gasteiger charge is 2.12. The number of nitrogens with one attached hydrogen (secondary N) is 1. The summed E-state index contributed by atoms with van der Waals surface area (Å²) in [4.78, 5) is 0. The first-order chi connectivity index (χ1) is 8.28. The Morgan fingerprint density at radius 1 is 1.12 bits per heavy atom. The predicted molar refractivity (Wildman–Crippen MR) is 66.2 cm³/mol. The zero-order valence-corrected chi connectivity index (χ0v) is 9.88. The van der Waals surface area contributed by atoms with E-state index in [-0.39, 0.29) is 5.82 Å². The van der Waals surface area contributed by atoms with Gasteiger partial charge in [-0.15, -0.1) is 0 Å². The quantitative estimate of drug-likeness (QED) is 0.786. The molecule has 1 aromatic carbocycles. The van der Waals surface area contributed by atoms with Crippen LogP contribution in [0.3, 0.4) is 0 Å². The predicted octanol–water partition coefficient (Wildman–Crippen LogP) is 3.83. The van der Waals surface area contributed by atoms with Crippen LogP contribution < -0.4 is 5.32 Å². The summed E-state index contributed by atoms with van der Waals surface area (Å²) in [5.41, 5.74) is 1.11. The van der Waals surface area contributed by atoms with Crippen LogP contribution in [0.1, 0.15) is 44.1 Å².